The number of hydrogen-bond acceptors (Lipinski definition) is 2. The summed E-state index contributed by atoms with van der Waals surface area (Å²) in [5, 5.41) is 3.70. The maximum Gasteiger partial charge on any atom is 0.124 e. The summed E-state index contributed by atoms with van der Waals surface area (Å²) in [4.78, 5) is 0. The summed E-state index contributed by atoms with van der Waals surface area (Å²) in [6.45, 7) is 4.47. The average Bonchev–Trinajstić information content (AvgIpc) is 2.88. The largest absolute Gasteiger partial charge is 0.464 e. The Balaban J connectivity index is 1.85. The van der Waals surface area contributed by atoms with E-state index in [1.54, 1.807) is 0 Å². The second-order valence-corrected chi connectivity index (χ2v) is 5.06. The number of aryl methyl sites for hydroxylation is 1. The van der Waals surface area contributed by atoms with Crippen molar-refractivity contribution in [2.24, 2.45) is 5.92 Å². The minimum absolute atomic E-state index is 0.479. The maximum atomic E-state index is 5.92. The van der Waals surface area contributed by atoms with Crippen LogP contribution in [0, 0.1) is 5.92 Å². The zero-order valence-electron chi connectivity index (χ0n) is 9.55. The fraction of sp³-hybridized carbons (Fsp3) is 0.692. The van der Waals surface area contributed by atoms with E-state index >= 15 is 0 Å². The third kappa shape index (κ3) is 1.61. The van der Waals surface area contributed by atoms with Gasteiger partial charge in [-0.25, -0.2) is 0 Å². The Labute approximate surface area is 91.0 Å². The topological polar surface area (TPSA) is 25.2 Å². The molecule has 1 aromatic heterocycles. The molecule has 0 aliphatic heterocycles. The van der Waals surface area contributed by atoms with E-state index in [1.165, 1.54) is 30.6 Å². The third-order valence-corrected chi connectivity index (χ3v) is 3.63. The maximum absolute atomic E-state index is 5.92. The van der Waals surface area contributed by atoms with E-state index in [4.69, 9.17) is 4.42 Å². The first kappa shape index (κ1) is 9.46. The summed E-state index contributed by atoms with van der Waals surface area (Å²) in [7, 11) is 0. The highest BCUT2D eigenvalue weighted by Crippen LogP contribution is 2.40. The van der Waals surface area contributed by atoms with Crippen LogP contribution in [0.15, 0.2) is 10.5 Å². The molecule has 0 radical (unpaired) electrons. The molecule has 2 aliphatic rings. The van der Waals surface area contributed by atoms with Gasteiger partial charge in [0.05, 0.1) is 6.04 Å². The van der Waals surface area contributed by atoms with Crippen molar-refractivity contribution in [1.82, 2.24) is 5.32 Å². The van der Waals surface area contributed by atoms with Gasteiger partial charge in [-0.3, -0.25) is 0 Å². The molecule has 2 heteroatoms. The van der Waals surface area contributed by atoms with Gasteiger partial charge in [0.15, 0.2) is 0 Å². The Morgan fingerprint density at radius 3 is 2.93 bits per heavy atom. The predicted octanol–water partition coefficient (Wildman–Crippen LogP) is 2.83. The van der Waals surface area contributed by atoms with Crippen molar-refractivity contribution >= 4 is 0 Å². The van der Waals surface area contributed by atoms with Crippen LogP contribution >= 0.6 is 0 Å². The Morgan fingerprint density at radius 1 is 1.47 bits per heavy atom. The van der Waals surface area contributed by atoms with E-state index in [-0.39, 0.29) is 0 Å². The molecule has 2 aliphatic carbocycles. The van der Waals surface area contributed by atoms with Gasteiger partial charge in [-0.2, -0.15) is 0 Å². The lowest BCUT2D eigenvalue weighted by Crippen LogP contribution is -2.25. The van der Waals surface area contributed by atoms with Crippen LogP contribution in [0.25, 0.3) is 0 Å². The molecule has 0 saturated heterocycles. The van der Waals surface area contributed by atoms with Crippen molar-refractivity contribution in [3.8, 4) is 0 Å². The van der Waals surface area contributed by atoms with Crippen LogP contribution in [0.2, 0.25) is 0 Å². The van der Waals surface area contributed by atoms with E-state index in [0.717, 1.165) is 18.2 Å². The fourth-order valence-electron chi connectivity index (χ4n) is 2.57. The molecule has 2 unspecified atom stereocenters. The highest BCUT2D eigenvalue weighted by Gasteiger charge is 2.36. The molecule has 0 spiro atoms. The molecule has 1 N–H and O–H groups in total. The standard InChI is InChI=1S/C13H19NO/c1-3-11-7-9-6-8(2)12(13(9)15-11)14-10-4-5-10/h7-8,10,12,14H,3-6H2,1-2H3. The molecule has 0 aromatic carbocycles. The summed E-state index contributed by atoms with van der Waals surface area (Å²) in [5.74, 6) is 3.08. The quantitative estimate of drug-likeness (QED) is 0.820. The van der Waals surface area contributed by atoms with Crippen LogP contribution < -0.4 is 5.32 Å². The van der Waals surface area contributed by atoms with Gasteiger partial charge in [0.1, 0.15) is 11.5 Å². The smallest absolute Gasteiger partial charge is 0.124 e. The number of furan rings is 1. The first-order valence-corrected chi connectivity index (χ1v) is 6.15. The highest BCUT2D eigenvalue weighted by atomic mass is 16.3. The van der Waals surface area contributed by atoms with E-state index in [1.807, 2.05) is 0 Å². The second-order valence-electron chi connectivity index (χ2n) is 5.06. The first-order valence-electron chi connectivity index (χ1n) is 6.15. The van der Waals surface area contributed by atoms with E-state index in [2.05, 4.69) is 25.2 Å². The van der Waals surface area contributed by atoms with Gasteiger partial charge in [0, 0.05) is 12.5 Å². The Morgan fingerprint density at radius 2 is 2.27 bits per heavy atom. The molecule has 2 atom stereocenters. The molecule has 0 bridgehead atoms. The Hall–Kier alpha value is -0.760. The Kier molecular flexibility index (Phi) is 2.13. The monoisotopic (exact) mass is 205 g/mol. The predicted molar refractivity (Wildman–Crippen MR) is 59.9 cm³/mol. The molecule has 1 saturated carbocycles. The Bertz CT molecular complexity index is 365. The fourth-order valence-corrected chi connectivity index (χ4v) is 2.57. The summed E-state index contributed by atoms with van der Waals surface area (Å²) in [6.07, 6.45) is 4.89. The van der Waals surface area contributed by atoms with Crippen LogP contribution in [-0.4, -0.2) is 6.04 Å². The van der Waals surface area contributed by atoms with Crippen molar-refractivity contribution in [3.63, 3.8) is 0 Å². The van der Waals surface area contributed by atoms with Crippen molar-refractivity contribution in [2.75, 3.05) is 0 Å². The van der Waals surface area contributed by atoms with Crippen molar-refractivity contribution < 1.29 is 4.42 Å². The third-order valence-electron chi connectivity index (χ3n) is 3.63. The SMILES string of the molecule is CCc1cc2c(o1)C(NC1CC1)C(C)C2. The molecule has 1 heterocycles. The lowest BCUT2D eigenvalue weighted by molar-refractivity contribution is 0.343. The van der Waals surface area contributed by atoms with Gasteiger partial charge >= 0.3 is 0 Å². The van der Waals surface area contributed by atoms with Crippen LogP contribution in [0.1, 0.15) is 49.8 Å². The average molecular weight is 205 g/mol. The van der Waals surface area contributed by atoms with Crippen LogP contribution in [-0.2, 0) is 12.8 Å². The van der Waals surface area contributed by atoms with Gasteiger partial charge in [-0.1, -0.05) is 13.8 Å². The molecule has 82 valence electrons. The number of fused-ring (bicyclic) bond motifs is 1. The molecule has 0 amide bonds. The zero-order chi connectivity index (χ0) is 10.4. The molecule has 1 fully saturated rings. The van der Waals surface area contributed by atoms with Crippen LogP contribution in [0.3, 0.4) is 0 Å². The molecule has 1 aromatic rings. The van der Waals surface area contributed by atoms with E-state index < -0.39 is 0 Å². The second kappa shape index (κ2) is 3.38. The van der Waals surface area contributed by atoms with Crippen LogP contribution in [0.4, 0.5) is 0 Å². The zero-order valence-corrected chi connectivity index (χ0v) is 9.55. The lowest BCUT2D eigenvalue weighted by Gasteiger charge is -2.16. The molecule has 2 nitrogen and oxygen atoms in total. The lowest BCUT2D eigenvalue weighted by atomic mass is 10.1. The number of nitrogens with one attached hydrogen (secondary N) is 1. The summed E-state index contributed by atoms with van der Waals surface area (Å²) < 4.78 is 5.92. The van der Waals surface area contributed by atoms with Crippen molar-refractivity contribution in [2.45, 2.75) is 51.6 Å². The van der Waals surface area contributed by atoms with Gasteiger partial charge in [0.2, 0.25) is 0 Å². The molecular formula is C13H19NO. The van der Waals surface area contributed by atoms with E-state index in [0.29, 0.717) is 12.0 Å². The van der Waals surface area contributed by atoms with Crippen molar-refractivity contribution in [1.29, 1.82) is 0 Å². The van der Waals surface area contributed by atoms with Crippen molar-refractivity contribution in [3.05, 3.63) is 23.2 Å². The molecular weight excluding hydrogens is 186 g/mol. The van der Waals surface area contributed by atoms with Gasteiger partial charge < -0.3 is 9.73 Å². The minimum atomic E-state index is 0.479. The normalized spacial score (nSPS) is 29.5. The van der Waals surface area contributed by atoms with Gasteiger partial charge in [0.25, 0.3) is 0 Å². The molecule has 15 heavy (non-hydrogen) atoms. The van der Waals surface area contributed by atoms with Crippen LogP contribution in [0.5, 0.6) is 0 Å². The number of hydrogen-bond donors (Lipinski definition) is 1. The summed E-state index contributed by atoms with van der Waals surface area (Å²) in [5.41, 5.74) is 1.44. The van der Waals surface area contributed by atoms with Gasteiger partial charge in [-0.05, 0) is 36.8 Å². The summed E-state index contributed by atoms with van der Waals surface area (Å²) in [6, 6.07) is 3.49. The van der Waals surface area contributed by atoms with E-state index in [9.17, 15) is 0 Å². The summed E-state index contributed by atoms with van der Waals surface area (Å²) >= 11 is 0. The highest BCUT2D eigenvalue weighted by molar-refractivity contribution is 5.30. The molecule has 3 rings (SSSR count). The number of rotatable bonds is 3. The van der Waals surface area contributed by atoms with Gasteiger partial charge in [-0.15, -0.1) is 0 Å². The minimum Gasteiger partial charge on any atom is -0.464 e. The first-order chi connectivity index (χ1) is 7.28.